The maximum absolute atomic E-state index is 12.7. The SMILES string of the molecule is CC(Cl)C(=O)NC(C)(CO)c1cccc(C(F)(F)F)c1. The van der Waals surface area contributed by atoms with E-state index in [4.69, 9.17) is 11.6 Å². The van der Waals surface area contributed by atoms with Crippen molar-refractivity contribution in [2.45, 2.75) is 30.9 Å². The van der Waals surface area contributed by atoms with E-state index in [9.17, 15) is 23.1 Å². The molecule has 0 fully saturated rings. The van der Waals surface area contributed by atoms with Gasteiger partial charge in [-0.05, 0) is 31.5 Å². The van der Waals surface area contributed by atoms with Crippen molar-refractivity contribution in [3.63, 3.8) is 0 Å². The molecule has 2 atom stereocenters. The fourth-order valence-corrected chi connectivity index (χ4v) is 1.67. The van der Waals surface area contributed by atoms with Crippen LogP contribution in [0.15, 0.2) is 24.3 Å². The van der Waals surface area contributed by atoms with E-state index in [0.717, 1.165) is 12.1 Å². The second-order valence-corrected chi connectivity index (χ2v) is 5.33. The predicted octanol–water partition coefficient (Wildman–Crippen LogP) is 2.66. The van der Waals surface area contributed by atoms with Crippen molar-refractivity contribution < 1.29 is 23.1 Å². The van der Waals surface area contributed by atoms with Crippen molar-refractivity contribution in [1.29, 1.82) is 0 Å². The molecule has 112 valence electrons. The molecule has 1 rings (SSSR count). The molecule has 0 aromatic heterocycles. The first-order valence-corrected chi connectivity index (χ1v) is 6.28. The Bertz CT molecular complexity index is 491. The average molecular weight is 310 g/mol. The van der Waals surface area contributed by atoms with Crippen LogP contribution in [0.2, 0.25) is 0 Å². The van der Waals surface area contributed by atoms with Gasteiger partial charge in [-0.15, -0.1) is 11.6 Å². The fraction of sp³-hybridized carbons (Fsp3) is 0.462. The van der Waals surface area contributed by atoms with Gasteiger partial charge in [-0.2, -0.15) is 13.2 Å². The Kier molecular flexibility index (Phi) is 5.05. The molecule has 0 aliphatic heterocycles. The molecule has 0 radical (unpaired) electrons. The summed E-state index contributed by atoms with van der Waals surface area (Å²) in [6.45, 7) is 2.31. The van der Waals surface area contributed by atoms with Gasteiger partial charge in [0, 0.05) is 0 Å². The molecular formula is C13H15ClF3NO2. The lowest BCUT2D eigenvalue weighted by atomic mass is 9.91. The largest absolute Gasteiger partial charge is 0.416 e. The third-order valence-electron chi connectivity index (χ3n) is 2.90. The van der Waals surface area contributed by atoms with E-state index in [1.165, 1.54) is 26.0 Å². The topological polar surface area (TPSA) is 49.3 Å². The Morgan fingerprint density at radius 2 is 1.95 bits per heavy atom. The standard InChI is InChI=1S/C13H15ClF3NO2/c1-8(14)11(20)18-12(2,7-19)9-4-3-5-10(6-9)13(15,16)17/h3-6,8,19H,7H2,1-2H3,(H,18,20). The van der Waals surface area contributed by atoms with E-state index >= 15 is 0 Å². The van der Waals surface area contributed by atoms with E-state index in [0.29, 0.717) is 0 Å². The lowest BCUT2D eigenvalue weighted by molar-refractivity contribution is -0.137. The zero-order valence-electron chi connectivity index (χ0n) is 11.0. The quantitative estimate of drug-likeness (QED) is 0.840. The van der Waals surface area contributed by atoms with Crippen LogP contribution in [0.5, 0.6) is 0 Å². The van der Waals surface area contributed by atoms with Crippen molar-refractivity contribution in [2.75, 3.05) is 6.61 Å². The van der Waals surface area contributed by atoms with Crippen LogP contribution in [0.4, 0.5) is 13.2 Å². The highest BCUT2D eigenvalue weighted by molar-refractivity contribution is 6.30. The maximum atomic E-state index is 12.7. The van der Waals surface area contributed by atoms with Gasteiger partial charge in [0.1, 0.15) is 5.38 Å². The number of hydrogen-bond acceptors (Lipinski definition) is 2. The smallest absolute Gasteiger partial charge is 0.394 e. The first-order chi connectivity index (χ1) is 9.10. The van der Waals surface area contributed by atoms with Gasteiger partial charge < -0.3 is 10.4 Å². The second-order valence-electron chi connectivity index (χ2n) is 4.67. The molecule has 2 unspecified atom stereocenters. The fourth-order valence-electron chi connectivity index (χ4n) is 1.61. The molecule has 20 heavy (non-hydrogen) atoms. The van der Waals surface area contributed by atoms with Gasteiger partial charge in [0.2, 0.25) is 5.91 Å². The summed E-state index contributed by atoms with van der Waals surface area (Å²) in [5.74, 6) is -0.569. The second kappa shape index (κ2) is 6.01. The third kappa shape index (κ3) is 3.86. The van der Waals surface area contributed by atoms with Crippen molar-refractivity contribution in [3.05, 3.63) is 35.4 Å². The van der Waals surface area contributed by atoms with E-state index in [-0.39, 0.29) is 5.56 Å². The zero-order valence-corrected chi connectivity index (χ0v) is 11.7. The molecule has 0 bridgehead atoms. The summed E-state index contributed by atoms with van der Waals surface area (Å²) < 4.78 is 38.0. The third-order valence-corrected chi connectivity index (χ3v) is 3.10. The number of hydrogen-bond donors (Lipinski definition) is 2. The maximum Gasteiger partial charge on any atom is 0.416 e. The molecule has 0 heterocycles. The monoisotopic (exact) mass is 309 g/mol. The van der Waals surface area contributed by atoms with Crippen molar-refractivity contribution in [3.8, 4) is 0 Å². The molecule has 2 N–H and O–H groups in total. The van der Waals surface area contributed by atoms with Gasteiger partial charge in [0.05, 0.1) is 17.7 Å². The number of carbonyl (C=O) groups is 1. The van der Waals surface area contributed by atoms with Crippen molar-refractivity contribution >= 4 is 17.5 Å². The van der Waals surface area contributed by atoms with Crippen LogP contribution in [0.25, 0.3) is 0 Å². The molecule has 3 nitrogen and oxygen atoms in total. The number of nitrogens with one attached hydrogen (secondary N) is 1. The summed E-state index contributed by atoms with van der Waals surface area (Å²) in [6.07, 6.45) is -4.49. The Morgan fingerprint density at radius 1 is 1.40 bits per heavy atom. The first kappa shape index (κ1) is 16.8. The van der Waals surface area contributed by atoms with Crippen molar-refractivity contribution in [1.82, 2.24) is 5.32 Å². The number of halogens is 4. The van der Waals surface area contributed by atoms with Gasteiger partial charge in [0.15, 0.2) is 0 Å². The van der Waals surface area contributed by atoms with Crippen LogP contribution >= 0.6 is 11.6 Å². The highest BCUT2D eigenvalue weighted by Crippen LogP contribution is 2.32. The minimum absolute atomic E-state index is 0.153. The van der Waals surface area contributed by atoms with E-state index in [1.54, 1.807) is 0 Å². The van der Waals surface area contributed by atoms with Gasteiger partial charge in [-0.25, -0.2) is 0 Å². The summed E-state index contributed by atoms with van der Waals surface area (Å²) in [6, 6.07) is 4.45. The Hall–Kier alpha value is -1.27. The van der Waals surface area contributed by atoms with Gasteiger partial charge in [-0.1, -0.05) is 12.1 Å². The highest BCUT2D eigenvalue weighted by Gasteiger charge is 2.34. The Balaban J connectivity index is 3.15. The van der Waals surface area contributed by atoms with Gasteiger partial charge in [0.25, 0.3) is 0 Å². The number of aliphatic hydroxyl groups excluding tert-OH is 1. The van der Waals surface area contributed by atoms with E-state index < -0.39 is 35.2 Å². The lowest BCUT2D eigenvalue weighted by Crippen LogP contribution is -2.48. The van der Waals surface area contributed by atoms with Crippen LogP contribution in [-0.4, -0.2) is 23.0 Å². The zero-order chi connectivity index (χ0) is 15.6. The molecule has 0 spiro atoms. The van der Waals surface area contributed by atoms with Crippen LogP contribution in [0, 0.1) is 0 Å². The number of aliphatic hydroxyl groups is 1. The van der Waals surface area contributed by atoms with Gasteiger partial charge in [-0.3, -0.25) is 4.79 Å². The molecule has 1 aromatic rings. The summed E-state index contributed by atoms with van der Waals surface area (Å²) in [5.41, 5.74) is -2.02. The molecule has 1 amide bonds. The number of benzene rings is 1. The first-order valence-electron chi connectivity index (χ1n) is 5.85. The normalized spacial score (nSPS) is 16.4. The Labute approximate surface area is 119 Å². The van der Waals surface area contributed by atoms with Crippen LogP contribution in [0.3, 0.4) is 0 Å². The summed E-state index contributed by atoms with van der Waals surface area (Å²) in [4.78, 5) is 11.6. The number of alkyl halides is 4. The minimum Gasteiger partial charge on any atom is -0.394 e. The molecule has 0 saturated heterocycles. The number of amides is 1. The summed E-state index contributed by atoms with van der Waals surface area (Å²) in [7, 11) is 0. The minimum atomic E-state index is -4.49. The highest BCUT2D eigenvalue weighted by atomic mass is 35.5. The Morgan fingerprint density at radius 3 is 2.40 bits per heavy atom. The molecular weight excluding hydrogens is 295 g/mol. The molecule has 1 aromatic carbocycles. The molecule has 0 aliphatic carbocycles. The molecule has 7 heteroatoms. The lowest BCUT2D eigenvalue weighted by Gasteiger charge is -2.30. The van der Waals surface area contributed by atoms with Crippen LogP contribution in [0.1, 0.15) is 25.0 Å². The number of carbonyl (C=O) groups excluding carboxylic acids is 1. The molecule has 0 saturated carbocycles. The van der Waals surface area contributed by atoms with Crippen LogP contribution < -0.4 is 5.32 Å². The summed E-state index contributed by atoms with van der Waals surface area (Å²) >= 11 is 5.61. The molecule has 0 aliphatic rings. The predicted molar refractivity (Wildman–Crippen MR) is 69.3 cm³/mol. The van der Waals surface area contributed by atoms with E-state index in [2.05, 4.69) is 5.32 Å². The summed E-state index contributed by atoms with van der Waals surface area (Å²) in [5, 5.41) is 11.0. The van der Waals surface area contributed by atoms with Gasteiger partial charge >= 0.3 is 6.18 Å². The van der Waals surface area contributed by atoms with Crippen LogP contribution in [-0.2, 0) is 16.5 Å². The average Bonchev–Trinajstić information content (AvgIpc) is 2.37. The number of rotatable bonds is 4. The van der Waals surface area contributed by atoms with E-state index in [1.807, 2.05) is 0 Å². The van der Waals surface area contributed by atoms with Crippen molar-refractivity contribution in [2.24, 2.45) is 0 Å².